The number of aliphatic imine (C=N–C) groups is 1. The van der Waals surface area contributed by atoms with Crippen molar-refractivity contribution < 1.29 is 19.0 Å². The van der Waals surface area contributed by atoms with Crippen LogP contribution in [0.3, 0.4) is 0 Å². The van der Waals surface area contributed by atoms with Crippen LogP contribution in [0.1, 0.15) is 18.1 Å². The van der Waals surface area contributed by atoms with Gasteiger partial charge in [-0.05, 0) is 55.0 Å². The molecule has 26 heavy (non-hydrogen) atoms. The van der Waals surface area contributed by atoms with Crippen molar-refractivity contribution in [3.05, 3.63) is 63.3 Å². The van der Waals surface area contributed by atoms with Gasteiger partial charge < -0.3 is 14.2 Å². The molecule has 1 heterocycles. The summed E-state index contributed by atoms with van der Waals surface area (Å²) in [5.74, 6) is 0.610. The minimum Gasteiger partial charge on any atom is -0.493 e. The maximum atomic E-state index is 12.1. The van der Waals surface area contributed by atoms with Crippen molar-refractivity contribution in [1.82, 2.24) is 0 Å². The van der Waals surface area contributed by atoms with E-state index in [1.54, 1.807) is 42.5 Å². The van der Waals surface area contributed by atoms with Gasteiger partial charge in [-0.3, -0.25) is 0 Å². The van der Waals surface area contributed by atoms with Gasteiger partial charge in [0.15, 0.2) is 17.2 Å². The number of methoxy groups -OCH3 is 1. The third-order valence-corrected chi connectivity index (χ3v) is 4.09. The number of benzene rings is 2. The Balaban J connectivity index is 1.95. The van der Waals surface area contributed by atoms with E-state index in [0.29, 0.717) is 39.3 Å². The SMILES string of the molecule is CCOc1c(Cl)cc(/C=C2/N=C(c3ccc(Cl)cc3)OC2=O)cc1OC. The second-order valence-corrected chi connectivity index (χ2v) is 6.15. The van der Waals surface area contributed by atoms with Gasteiger partial charge in [-0.15, -0.1) is 0 Å². The summed E-state index contributed by atoms with van der Waals surface area (Å²) in [5.41, 5.74) is 1.47. The number of hydrogen-bond acceptors (Lipinski definition) is 5. The van der Waals surface area contributed by atoms with Crippen molar-refractivity contribution in [2.24, 2.45) is 4.99 Å². The maximum Gasteiger partial charge on any atom is 0.363 e. The predicted molar refractivity (Wildman–Crippen MR) is 101 cm³/mol. The van der Waals surface area contributed by atoms with Crippen LogP contribution in [0.2, 0.25) is 10.0 Å². The van der Waals surface area contributed by atoms with E-state index in [9.17, 15) is 4.79 Å². The Morgan fingerprint density at radius 1 is 1.19 bits per heavy atom. The molecule has 5 nitrogen and oxygen atoms in total. The van der Waals surface area contributed by atoms with E-state index in [1.165, 1.54) is 7.11 Å². The first-order valence-corrected chi connectivity index (χ1v) is 8.56. The molecule has 0 unspecified atom stereocenters. The Kier molecular flexibility index (Phi) is 5.49. The number of rotatable bonds is 5. The summed E-state index contributed by atoms with van der Waals surface area (Å²) in [6, 6.07) is 10.2. The molecule has 134 valence electrons. The first-order valence-electron chi connectivity index (χ1n) is 7.80. The number of carbonyl (C=O) groups is 1. The molecule has 0 aliphatic carbocycles. The minimum atomic E-state index is -0.543. The topological polar surface area (TPSA) is 57.1 Å². The first-order chi connectivity index (χ1) is 12.5. The van der Waals surface area contributed by atoms with Gasteiger partial charge in [-0.2, -0.15) is 0 Å². The van der Waals surface area contributed by atoms with Crippen LogP contribution in [0.15, 0.2) is 47.1 Å². The highest BCUT2D eigenvalue weighted by molar-refractivity contribution is 6.32. The second-order valence-electron chi connectivity index (χ2n) is 5.31. The Hall–Kier alpha value is -2.50. The second kappa shape index (κ2) is 7.81. The van der Waals surface area contributed by atoms with E-state index in [-0.39, 0.29) is 11.6 Å². The van der Waals surface area contributed by atoms with Crippen molar-refractivity contribution in [3.8, 4) is 11.5 Å². The van der Waals surface area contributed by atoms with Crippen LogP contribution in [0.25, 0.3) is 6.08 Å². The fraction of sp³-hybridized carbons (Fsp3) is 0.158. The average Bonchev–Trinajstić information content (AvgIpc) is 2.98. The summed E-state index contributed by atoms with van der Waals surface area (Å²) in [6.07, 6.45) is 1.58. The Morgan fingerprint density at radius 2 is 1.92 bits per heavy atom. The van der Waals surface area contributed by atoms with Gasteiger partial charge in [0.1, 0.15) is 0 Å². The summed E-state index contributed by atoms with van der Waals surface area (Å²) in [4.78, 5) is 16.4. The largest absolute Gasteiger partial charge is 0.493 e. The van der Waals surface area contributed by atoms with Gasteiger partial charge in [-0.25, -0.2) is 9.79 Å². The highest BCUT2D eigenvalue weighted by Crippen LogP contribution is 2.37. The van der Waals surface area contributed by atoms with Crippen molar-refractivity contribution in [1.29, 1.82) is 0 Å². The molecule has 0 bridgehead atoms. The molecule has 0 fully saturated rings. The predicted octanol–water partition coefficient (Wildman–Crippen LogP) is 4.75. The van der Waals surface area contributed by atoms with E-state index < -0.39 is 5.97 Å². The lowest BCUT2D eigenvalue weighted by Gasteiger charge is -2.11. The van der Waals surface area contributed by atoms with Gasteiger partial charge in [0.2, 0.25) is 5.90 Å². The minimum absolute atomic E-state index is 0.164. The number of cyclic esters (lactones) is 1. The number of ether oxygens (including phenoxy) is 3. The molecule has 1 aliphatic rings. The summed E-state index contributed by atoms with van der Waals surface area (Å²) in [7, 11) is 1.52. The van der Waals surface area contributed by atoms with Crippen molar-refractivity contribution in [2.75, 3.05) is 13.7 Å². The van der Waals surface area contributed by atoms with Crippen LogP contribution in [0.4, 0.5) is 0 Å². The summed E-state index contributed by atoms with van der Waals surface area (Å²) >= 11 is 12.1. The Labute approximate surface area is 160 Å². The zero-order chi connectivity index (χ0) is 18.7. The molecule has 0 radical (unpaired) electrons. The van der Waals surface area contributed by atoms with Crippen LogP contribution in [0, 0.1) is 0 Å². The lowest BCUT2D eigenvalue weighted by molar-refractivity contribution is -0.129. The normalized spacial score (nSPS) is 15.0. The summed E-state index contributed by atoms with van der Waals surface area (Å²) in [5, 5.41) is 0.969. The molecule has 3 rings (SSSR count). The third kappa shape index (κ3) is 3.84. The molecule has 0 aromatic heterocycles. The molecule has 2 aromatic rings. The van der Waals surface area contributed by atoms with Gasteiger partial charge in [-0.1, -0.05) is 23.2 Å². The number of hydrogen-bond donors (Lipinski definition) is 0. The van der Waals surface area contributed by atoms with Crippen LogP contribution < -0.4 is 9.47 Å². The number of esters is 1. The highest BCUT2D eigenvalue weighted by Gasteiger charge is 2.24. The zero-order valence-electron chi connectivity index (χ0n) is 14.1. The van der Waals surface area contributed by atoms with Crippen molar-refractivity contribution in [2.45, 2.75) is 6.92 Å². The third-order valence-electron chi connectivity index (χ3n) is 3.56. The van der Waals surface area contributed by atoms with Crippen LogP contribution in [0.5, 0.6) is 11.5 Å². The molecule has 0 atom stereocenters. The van der Waals surface area contributed by atoms with Gasteiger partial charge in [0.05, 0.1) is 18.7 Å². The van der Waals surface area contributed by atoms with E-state index in [2.05, 4.69) is 4.99 Å². The molecular weight excluding hydrogens is 377 g/mol. The molecule has 0 spiro atoms. The highest BCUT2D eigenvalue weighted by atomic mass is 35.5. The quantitative estimate of drug-likeness (QED) is 0.545. The van der Waals surface area contributed by atoms with Gasteiger partial charge >= 0.3 is 5.97 Å². The van der Waals surface area contributed by atoms with Crippen molar-refractivity contribution >= 4 is 41.1 Å². The van der Waals surface area contributed by atoms with Crippen molar-refractivity contribution in [3.63, 3.8) is 0 Å². The monoisotopic (exact) mass is 391 g/mol. The van der Waals surface area contributed by atoms with E-state index >= 15 is 0 Å². The molecule has 1 aliphatic heterocycles. The number of nitrogens with zero attached hydrogens (tertiary/aromatic N) is 1. The van der Waals surface area contributed by atoms with Crippen LogP contribution in [-0.2, 0) is 9.53 Å². The van der Waals surface area contributed by atoms with Crippen LogP contribution in [-0.4, -0.2) is 25.6 Å². The smallest absolute Gasteiger partial charge is 0.363 e. The fourth-order valence-corrected chi connectivity index (χ4v) is 2.79. The molecule has 0 saturated heterocycles. The maximum absolute atomic E-state index is 12.1. The lowest BCUT2D eigenvalue weighted by atomic mass is 10.1. The first kappa shape index (κ1) is 18.3. The number of halogens is 2. The zero-order valence-corrected chi connectivity index (χ0v) is 15.6. The molecule has 7 heteroatoms. The standard InChI is InChI=1S/C19H15Cl2NO4/c1-3-25-17-14(21)8-11(10-16(17)24-2)9-15-19(23)26-18(22-15)12-4-6-13(20)7-5-12/h4-10H,3H2,1-2H3/b15-9+. The summed E-state index contributed by atoms with van der Waals surface area (Å²) < 4.78 is 16.0. The average molecular weight is 392 g/mol. The van der Waals surface area contributed by atoms with Crippen LogP contribution >= 0.6 is 23.2 Å². The van der Waals surface area contributed by atoms with E-state index in [0.717, 1.165) is 0 Å². The Morgan fingerprint density at radius 3 is 2.58 bits per heavy atom. The summed E-state index contributed by atoms with van der Waals surface area (Å²) in [6.45, 7) is 2.31. The molecular formula is C19H15Cl2NO4. The van der Waals surface area contributed by atoms with Gasteiger partial charge in [0, 0.05) is 10.6 Å². The Bertz CT molecular complexity index is 905. The lowest BCUT2D eigenvalue weighted by Crippen LogP contribution is -2.05. The van der Waals surface area contributed by atoms with E-state index in [4.69, 9.17) is 37.4 Å². The molecule has 0 N–H and O–H groups in total. The molecule has 0 saturated carbocycles. The van der Waals surface area contributed by atoms with Gasteiger partial charge in [0.25, 0.3) is 0 Å². The molecule has 0 amide bonds. The fourth-order valence-electron chi connectivity index (χ4n) is 2.39. The number of carbonyl (C=O) groups excluding carboxylic acids is 1. The molecule has 2 aromatic carbocycles. The van der Waals surface area contributed by atoms with E-state index in [1.807, 2.05) is 6.92 Å².